The standard InChI is InChI=1S/C15H18N6/c1-3-16-15-18-13-7-5-4-6-12(13)14(19-15)17-10-11-8-9-21(2)20-11/h4-9H,3,10H2,1-2H3,(H2,16,17,18,19). The van der Waals surface area contributed by atoms with Crippen molar-refractivity contribution in [1.82, 2.24) is 19.7 Å². The Balaban J connectivity index is 1.91. The molecule has 21 heavy (non-hydrogen) atoms. The molecule has 0 atom stereocenters. The number of nitrogens with zero attached hydrogens (tertiary/aromatic N) is 4. The van der Waals surface area contributed by atoms with Gasteiger partial charge in [-0.15, -0.1) is 0 Å². The molecule has 2 heterocycles. The van der Waals surface area contributed by atoms with Crippen molar-refractivity contribution >= 4 is 22.7 Å². The second-order valence-corrected chi connectivity index (χ2v) is 4.78. The number of hydrogen-bond acceptors (Lipinski definition) is 5. The minimum atomic E-state index is 0.632. The van der Waals surface area contributed by atoms with E-state index in [4.69, 9.17) is 0 Å². The third-order valence-corrected chi connectivity index (χ3v) is 3.14. The molecule has 0 amide bonds. The lowest BCUT2D eigenvalue weighted by Crippen LogP contribution is -2.08. The van der Waals surface area contributed by atoms with Crippen LogP contribution in [0, 0.1) is 0 Å². The zero-order valence-electron chi connectivity index (χ0n) is 12.2. The van der Waals surface area contributed by atoms with E-state index in [1.807, 2.05) is 50.5 Å². The minimum Gasteiger partial charge on any atom is -0.364 e. The van der Waals surface area contributed by atoms with Crippen molar-refractivity contribution in [3.05, 3.63) is 42.2 Å². The molecule has 0 spiro atoms. The zero-order chi connectivity index (χ0) is 14.7. The van der Waals surface area contributed by atoms with Crippen LogP contribution in [-0.4, -0.2) is 26.3 Å². The first-order valence-electron chi connectivity index (χ1n) is 6.99. The van der Waals surface area contributed by atoms with Crippen molar-refractivity contribution < 1.29 is 0 Å². The Labute approximate surface area is 123 Å². The smallest absolute Gasteiger partial charge is 0.225 e. The average Bonchev–Trinajstić information content (AvgIpc) is 2.91. The lowest BCUT2D eigenvalue weighted by atomic mass is 10.2. The molecule has 2 N–H and O–H groups in total. The van der Waals surface area contributed by atoms with Crippen molar-refractivity contribution in [2.75, 3.05) is 17.2 Å². The van der Waals surface area contributed by atoms with Gasteiger partial charge in [-0.3, -0.25) is 4.68 Å². The zero-order valence-corrected chi connectivity index (χ0v) is 12.2. The highest BCUT2D eigenvalue weighted by Crippen LogP contribution is 2.22. The maximum Gasteiger partial charge on any atom is 0.225 e. The molecule has 0 aliphatic carbocycles. The van der Waals surface area contributed by atoms with Crippen molar-refractivity contribution in [3.63, 3.8) is 0 Å². The van der Waals surface area contributed by atoms with E-state index in [2.05, 4.69) is 25.7 Å². The van der Waals surface area contributed by atoms with Crippen LogP contribution in [0.3, 0.4) is 0 Å². The number of fused-ring (bicyclic) bond motifs is 1. The summed E-state index contributed by atoms with van der Waals surface area (Å²) >= 11 is 0. The van der Waals surface area contributed by atoms with Crippen molar-refractivity contribution in [2.45, 2.75) is 13.5 Å². The van der Waals surface area contributed by atoms with Crippen LogP contribution in [0.5, 0.6) is 0 Å². The van der Waals surface area contributed by atoms with E-state index >= 15 is 0 Å². The number of aromatic nitrogens is 4. The third-order valence-electron chi connectivity index (χ3n) is 3.14. The van der Waals surface area contributed by atoms with Crippen molar-refractivity contribution in [1.29, 1.82) is 0 Å². The fourth-order valence-electron chi connectivity index (χ4n) is 2.18. The Kier molecular flexibility index (Phi) is 3.68. The summed E-state index contributed by atoms with van der Waals surface area (Å²) in [5.74, 6) is 1.46. The minimum absolute atomic E-state index is 0.632. The molecule has 0 unspecified atom stereocenters. The summed E-state index contributed by atoms with van der Waals surface area (Å²) in [6.07, 6.45) is 1.93. The SMILES string of the molecule is CCNc1nc(NCc2ccn(C)n2)c2ccccc2n1. The highest BCUT2D eigenvalue weighted by molar-refractivity contribution is 5.89. The van der Waals surface area contributed by atoms with Crippen LogP contribution in [0.4, 0.5) is 11.8 Å². The molecule has 3 aromatic rings. The van der Waals surface area contributed by atoms with Gasteiger partial charge in [-0.1, -0.05) is 12.1 Å². The fraction of sp³-hybridized carbons (Fsp3) is 0.267. The number of nitrogens with one attached hydrogen (secondary N) is 2. The molecule has 0 fully saturated rings. The van der Waals surface area contributed by atoms with E-state index in [1.165, 1.54) is 0 Å². The normalized spacial score (nSPS) is 10.8. The van der Waals surface area contributed by atoms with Crippen LogP contribution in [0.15, 0.2) is 36.5 Å². The lowest BCUT2D eigenvalue weighted by molar-refractivity contribution is 0.747. The van der Waals surface area contributed by atoms with E-state index in [0.29, 0.717) is 12.5 Å². The number of hydrogen-bond donors (Lipinski definition) is 2. The fourth-order valence-corrected chi connectivity index (χ4v) is 2.18. The van der Waals surface area contributed by atoms with Crippen LogP contribution in [0.1, 0.15) is 12.6 Å². The first-order valence-corrected chi connectivity index (χ1v) is 6.99. The maximum absolute atomic E-state index is 4.54. The molecular formula is C15H18N6. The van der Waals surface area contributed by atoms with Gasteiger partial charge in [0, 0.05) is 25.2 Å². The molecule has 3 rings (SSSR count). The number of aryl methyl sites for hydroxylation is 1. The Hall–Kier alpha value is -2.63. The van der Waals surface area contributed by atoms with Crippen molar-refractivity contribution in [2.24, 2.45) is 7.05 Å². The Morgan fingerprint density at radius 3 is 2.71 bits per heavy atom. The first-order chi connectivity index (χ1) is 10.3. The third kappa shape index (κ3) is 2.94. The number of benzene rings is 1. The highest BCUT2D eigenvalue weighted by atomic mass is 15.3. The second kappa shape index (κ2) is 5.78. The monoisotopic (exact) mass is 282 g/mol. The summed E-state index contributed by atoms with van der Waals surface area (Å²) in [5, 5.41) is 11.9. The summed E-state index contributed by atoms with van der Waals surface area (Å²) in [6, 6.07) is 9.97. The van der Waals surface area contributed by atoms with Gasteiger partial charge in [0.05, 0.1) is 17.8 Å². The summed E-state index contributed by atoms with van der Waals surface area (Å²) in [4.78, 5) is 9.05. The van der Waals surface area contributed by atoms with E-state index in [9.17, 15) is 0 Å². The van der Waals surface area contributed by atoms with E-state index in [1.54, 1.807) is 4.68 Å². The molecular weight excluding hydrogens is 264 g/mol. The van der Waals surface area contributed by atoms with Gasteiger partial charge in [0.15, 0.2) is 0 Å². The van der Waals surface area contributed by atoms with Crippen LogP contribution in [-0.2, 0) is 13.6 Å². The average molecular weight is 282 g/mol. The molecule has 2 aromatic heterocycles. The highest BCUT2D eigenvalue weighted by Gasteiger charge is 2.07. The molecule has 108 valence electrons. The molecule has 0 bridgehead atoms. The lowest BCUT2D eigenvalue weighted by Gasteiger charge is -2.10. The molecule has 0 saturated carbocycles. The van der Waals surface area contributed by atoms with Crippen LogP contribution in [0.25, 0.3) is 10.9 Å². The van der Waals surface area contributed by atoms with Crippen LogP contribution in [0.2, 0.25) is 0 Å². The molecule has 1 aromatic carbocycles. The molecule has 0 saturated heterocycles. The number of anilines is 2. The summed E-state index contributed by atoms with van der Waals surface area (Å²) in [6.45, 7) is 3.45. The van der Waals surface area contributed by atoms with Gasteiger partial charge in [-0.05, 0) is 25.1 Å². The van der Waals surface area contributed by atoms with Gasteiger partial charge in [0.1, 0.15) is 5.82 Å². The van der Waals surface area contributed by atoms with Gasteiger partial charge >= 0.3 is 0 Å². The van der Waals surface area contributed by atoms with Gasteiger partial charge < -0.3 is 10.6 Å². The second-order valence-electron chi connectivity index (χ2n) is 4.78. The largest absolute Gasteiger partial charge is 0.364 e. The topological polar surface area (TPSA) is 67.7 Å². The van der Waals surface area contributed by atoms with Gasteiger partial charge in [0.2, 0.25) is 5.95 Å². The Bertz CT molecular complexity index is 749. The van der Waals surface area contributed by atoms with E-state index < -0.39 is 0 Å². The molecule has 0 aliphatic rings. The number of para-hydroxylation sites is 1. The van der Waals surface area contributed by atoms with E-state index in [0.717, 1.165) is 29.0 Å². The molecule has 0 radical (unpaired) electrons. The summed E-state index contributed by atoms with van der Waals surface area (Å²) in [7, 11) is 1.91. The van der Waals surface area contributed by atoms with Crippen LogP contribution < -0.4 is 10.6 Å². The molecule has 6 nitrogen and oxygen atoms in total. The first kappa shape index (κ1) is 13.4. The van der Waals surface area contributed by atoms with Gasteiger partial charge in [-0.25, -0.2) is 4.98 Å². The summed E-state index contributed by atoms with van der Waals surface area (Å²) < 4.78 is 1.79. The molecule has 0 aliphatic heterocycles. The predicted octanol–water partition coefficient (Wildman–Crippen LogP) is 2.41. The number of rotatable bonds is 5. The molecule has 6 heteroatoms. The predicted molar refractivity (Wildman–Crippen MR) is 84.2 cm³/mol. The van der Waals surface area contributed by atoms with Crippen LogP contribution >= 0.6 is 0 Å². The Morgan fingerprint density at radius 1 is 1.10 bits per heavy atom. The quantitative estimate of drug-likeness (QED) is 0.752. The Morgan fingerprint density at radius 2 is 1.95 bits per heavy atom. The van der Waals surface area contributed by atoms with Gasteiger partial charge in [-0.2, -0.15) is 10.1 Å². The van der Waals surface area contributed by atoms with Gasteiger partial charge in [0.25, 0.3) is 0 Å². The van der Waals surface area contributed by atoms with E-state index in [-0.39, 0.29) is 0 Å². The maximum atomic E-state index is 4.54. The van der Waals surface area contributed by atoms with Crippen molar-refractivity contribution in [3.8, 4) is 0 Å². The summed E-state index contributed by atoms with van der Waals surface area (Å²) in [5.41, 5.74) is 1.90.